The van der Waals surface area contributed by atoms with Gasteiger partial charge in [-0.15, -0.1) is 0 Å². The monoisotopic (exact) mass is 360 g/mol. The van der Waals surface area contributed by atoms with Crippen molar-refractivity contribution in [2.75, 3.05) is 0 Å². The van der Waals surface area contributed by atoms with Gasteiger partial charge in [-0.2, -0.15) is 0 Å². The van der Waals surface area contributed by atoms with Crippen LogP contribution in [0.3, 0.4) is 0 Å². The van der Waals surface area contributed by atoms with E-state index in [0.29, 0.717) is 5.56 Å². The van der Waals surface area contributed by atoms with E-state index < -0.39 is 5.24 Å². The van der Waals surface area contributed by atoms with Gasteiger partial charge in [-0.25, -0.2) is 0 Å². The molecule has 0 unspecified atom stereocenters. The van der Waals surface area contributed by atoms with Gasteiger partial charge in [0.1, 0.15) is 15.7 Å². The molecular weight excluding hydrogens is 345 g/mol. The molecule has 0 saturated carbocycles. The number of benzene rings is 2. The van der Waals surface area contributed by atoms with Crippen LogP contribution in [0.25, 0.3) is 5.57 Å². The highest BCUT2D eigenvalue weighted by molar-refractivity contribution is 8.03. The van der Waals surface area contributed by atoms with Crippen LogP contribution in [0.1, 0.15) is 27.9 Å². The lowest BCUT2D eigenvalue weighted by molar-refractivity contribution is 0.108. The summed E-state index contributed by atoms with van der Waals surface area (Å²) in [4.78, 5) is 14.7. The molecule has 4 rings (SSSR count). The third kappa shape index (κ3) is 2.74. The van der Waals surface area contributed by atoms with E-state index in [2.05, 4.69) is 48.6 Å². The van der Waals surface area contributed by atoms with Gasteiger partial charge in [0.15, 0.2) is 0 Å². The Morgan fingerprint density at radius 1 is 1.08 bits per heavy atom. The first-order chi connectivity index (χ1) is 12.1. The first-order valence-corrected chi connectivity index (χ1v) is 9.46. The number of halogens is 1. The van der Waals surface area contributed by atoms with Crippen molar-refractivity contribution in [3.63, 3.8) is 0 Å². The highest BCUT2D eigenvalue weighted by Crippen LogP contribution is 2.48. The smallest absolute Gasteiger partial charge is 0.252 e. The molecule has 1 heterocycles. The molecule has 0 saturated heterocycles. The van der Waals surface area contributed by atoms with Gasteiger partial charge in [-0.05, 0) is 46.4 Å². The van der Waals surface area contributed by atoms with Crippen molar-refractivity contribution in [2.24, 2.45) is 0 Å². The molecule has 2 aromatic rings. The third-order valence-electron chi connectivity index (χ3n) is 4.70. The minimum absolute atomic E-state index is 0.398. The fourth-order valence-electron chi connectivity index (χ4n) is 3.54. The topological polar surface area (TPSA) is 17.1 Å². The van der Waals surface area contributed by atoms with Gasteiger partial charge in [-0.3, -0.25) is 4.79 Å². The average molecular weight is 360 g/mol. The van der Waals surface area contributed by atoms with Crippen LogP contribution in [-0.4, -0.2) is 20.9 Å². The van der Waals surface area contributed by atoms with Crippen LogP contribution in [0.4, 0.5) is 0 Å². The van der Waals surface area contributed by atoms with E-state index in [1.807, 2.05) is 21.8 Å². The summed E-state index contributed by atoms with van der Waals surface area (Å²) >= 11 is 7.81. The van der Waals surface area contributed by atoms with Crippen molar-refractivity contribution in [1.82, 2.24) is 0 Å². The second-order valence-corrected chi connectivity index (χ2v) is 7.74. The average Bonchev–Trinajstić information content (AvgIpc) is 2.61. The van der Waals surface area contributed by atoms with E-state index in [1.54, 1.807) is 11.8 Å². The number of fused-ring (bicyclic) bond motifs is 2. The van der Waals surface area contributed by atoms with Crippen LogP contribution in [0.2, 0.25) is 0 Å². The molecule has 1 aliphatic carbocycles. The fraction of sp³-hybridized carbons (Fsp3) is 0.0500. The Morgan fingerprint density at radius 3 is 2.64 bits per heavy atom. The number of carbonyl (C=O) groups is 1. The van der Waals surface area contributed by atoms with Crippen LogP contribution in [0.15, 0.2) is 70.0 Å². The molecule has 1 nitrogen and oxygen atoms in total. The van der Waals surface area contributed by atoms with Crippen LogP contribution < -0.4 is 10.9 Å². The number of hydrogen-bond donors (Lipinski definition) is 0. The lowest BCUT2D eigenvalue weighted by Gasteiger charge is -2.28. The van der Waals surface area contributed by atoms with E-state index in [9.17, 15) is 4.79 Å². The second kappa shape index (κ2) is 6.44. The highest BCUT2D eigenvalue weighted by atomic mass is 35.5. The summed E-state index contributed by atoms with van der Waals surface area (Å²) in [6, 6.07) is 12.4. The first kappa shape index (κ1) is 16.6. The van der Waals surface area contributed by atoms with Gasteiger partial charge >= 0.3 is 0 Å². The van der Waals surface area contributed by atoms with Crippen molar-refractivity contribution < 1.29 is 4.79 Å². The SMILES string of the molecule is Bc1ccc(B)c(C2=C3C=CCC=C3Sc3ccccc32)c1C(=O)Cl. The van der Waals surface area contributed by atoms with Crippen LogP contribution >= 0.6 is 23.4 Å². The number of allylic oxidation sites excluding steroid dienone is 4. The minimum atomic E-state index is -0.398. The first-order valence-electron chi connectivity index (χ1n) is 8.27. The molecule has 0 amide bonds. The van der Waals surface area contributed by atoms with Crippen LogP contribution in [-0.2, 0) is 0 Å². The standard InChI is InChI=1S/C20H15B2ClOS/c21-13-9-10-14(22)19(20(23)24)18(13)17-11-5-1-3-7-15(11)25-16-8-4-2-6-12(16)17/h1-3,5-10H,4,21-22H2. The molecule has 0 radical (unpaired) electrons. The van der Waals surface area contributed by atoms with Gasteiger partial charge < -0.3 is 0 Å². The molecule has 2 aromatic carbocycles. The molecule has 25 heavy (non-hydrogen) atoms. The largest absolute Gasteiger partial charge is 0.276 e. The summed E-state index contributed by atoms with van der Waals surface area (Å²) in [5, 5.41) is -0.398. The summed E-state index contributed by atoms with van der Waals surface area (Å²) in [6.07, 6.45) is 7.54. The molecule has 0 N–H and O–H groups in total. The molecular formula is C20H15B2ClOS. The number of thioether (sulfide) groups is 1. The maximum absolute atomic E-state index is 12.3. The Balaban J connectivity index is 2.13. The zero-order valence-electron chi connectivity index (χ0n) is 14.1. The fourth-order valence-corrected chi connectivity index (χ4v) is 4.90. The Labute approximate surface area is 158 Å². The van der Waals surface area contributed by atoms with E-state index in [1.165, 1.54) is 20.9 Å². The van der Waals surface area contributed by atoms with Crippen molar-refractivity contribution in [3.8, 4) is 0 Å². The number of carbonyl (C=O) groups excluding carboxylic acids is 1. The Morgan fingerprint density at radius 2 is 1.84 bits per heavy atom. The zero-order chi connectivity index (χ0) is 17.6. The lowest BCUT2D eigenvalue weighted by atomic mass is 9.75. The lowest BCUT2D eigenvalue weighted by Crippen LogP contribution is -2.25. The van der Waals surface area contributed by atoms with Gasteiger partial charge in [0, 0.05) is 15.4 Å². The molecule has 0 bridgehead atoms. The Kier molecular flexibility index (Phi) is 4.26. The summed E-state index contributed by atoms with van der Waals surface area (Å²) in [5.74, 6) is 0. The van der Waals surface area contributed by atoms with Crippen molar-refractivity contribution in [2.45, 2.75) is 11.3 Å². The van der Waals surface area contributed by atoms with Gasteiger partial charge in [0.2, 0.25) is 0 Å². The van der Waals surface area contributed by atoms with E-state index >= 15 is 0 Å². The Bertz CT molecular complexity index is 1000. The quantitative estimate of drug-likeness (QED) is 0.604. The molecule has 5 heteroatoms. The van der Waals surface area contributed by atoms with E-state index in [-0.39, 0.29) is 0 Å². The van der Waals surface area contributed by atoms with Crippen LogP contribution in [0.5, 0.6) is 0 Å². The Hall–Kier alpha value is -1.90. The van der Waals surface area contributed by atoms with Gasteiger partial charge in [-0.1, -0.05) is 71.2 Å². The molecule has 1 aliphatic heterocycles. The van der Waals surface area contributed by atoms with E-state index in [0.717, 1.165) is 28.5 Å². The van der Waals surface area contributed by atoms with E-state index in [4.69, 9.17) is 11.6 Å². The zero-order valence-corrected chi connectivity index (χ0v) is 15.7. The predicted molar refractivity (Wildman–Crippen MR) is 113 cm³/mol. The summed E-state index contributed by atoms with van der Waals surface area (Å²) in [5.41, 5.74) is 7.01. The number of hydrogen-bond acceptors (Lipinski definition) is 2. The summed E-state index contributed by atoms with van der Waals surface area (Å²) in [6.45, 7) is 0. The molecule has 0 atom stereocenters. The van der Waals surface area contributed by atoms with Crippen molar-refractivity contribution in [1.29, 1.82) is 0 Å². The third-order valence-corrected chi connectivity index (χ3v) is 6.07. The predicted octanol–water partition coefficient (Wildman–Crippen LogP) is 2.33. The van der Waals surface area contributed by atoms with Gasteiger partial charge in [0.05, 0.1) is 0 Å². The maximum Gasteiger partial charge on any atom is 0.252 e. The highest BCUT2D eigenvalue weighted by Gasteiger charge is 2.28. The maximum atomic E-state index is 12.3. The summed E-state index contributed by atoms with van der Waals surface area (Å²) < 4.78 is 0. The molecule has 120 valence electrons. The second-order valence-electron chi connectivity index (χ2n) is 6.32. The summed E-state index contributed by atoms with van der Waals surface area (Å²) in [7, 11) is 3.99. The molecule has 0 fully saturated rings. The van der Waals surface area contributed by atoms with Gasteiger partial charge in [0.25, 0.3) is 5.24 Å². The van der Waals surface area contributed by atoms with Crippen molar-refractivity contribution >= 4 is 60.8 Å². The van der Waals surface area contributed by atoms with Crippen molar-refractivity contribution in [3.05, 3.63) is 81.8 Å². The molecule has 0 aromatic heterocycles. The number of rotatable bonds is 2. The molecule has 0 spiro atoms. The molecule has 2 aliphatic rings. The minimum Gasteiger partial charge on any atom is -0.276 e. The normalized spacial score (nSPS) is 15.5. The van der Waals surface area contributed by atoms with Crippen LogP contribution in [0, 0.1) is 0 Å².